The maximum absolute atomic E-state index is 13.3. The highest BCUT2D eigenvalue weighted by atomic mass is 16.7. The summed E-state index contributed by atoms with van der Waals surface area (Å²) >= 11 is 0. The SMILES string of the molecule is CC(C)N(OCCCN(C)C)C(=O)[C@@H]1C=C2C3=C4C(CNC4CC=C3)C[C@H]2NC1. The molecule has 4 atom stereocenters. The van der Waals surface area contributed by atoms with Crippen molar-refractivity contribution in [2.24, 2.45) is 11.8 Å². The van der Waals surface area contributed by atoms with Crippen LogP contribution < -0.4 is 10.6 Å². The minimum Gasteiger partial charge on any atom is -0.309 e. The molecule has 29 heavy (non-hydrogen) atoms. The highest BCUT2D eigenvalue weighted by molar-refractivity contribution is 5.81. The molecule has 1 saturated heterocycles. The molecular weight excluding hydrogens is 364 g/mol. The van der Waals surface area contributed by atoms with Crippen LogP contribution in [-0.4, -0.2) is 74.3 Å². The minimum absolute atomic E-state index is 0.0220. The number of carbonyl (C=O) groups excluding carboxylic acids is 1. The molecular formula is C23H36N4O2. The molecule has 4 aliphatic rings. The van der Waals surface area contributed by atoms with Gasteiger partial charge in [-0.05, 0) is 76.4 Å². The third kappa shape index (κ3) is 4.22. The van der Waals surface area contributed by atoms with Gasteiger partial charge in [-0.15, -0.1) is 0 Å². The van der Waals surface area contributed by atoms with Crippen molar-refractivity contribution in [1.29, 1.82) is 0 Å². The zero-order valence-electron chi connectivity index (χ0n) is 18.3. The molecule has 4 rings (SSSR count). The molecule has 1 fully saturated rings. The Morgan fingerprint density at radius 2 is 2.03 bits per heavy atom. The Hall–Kier alpha value is -1.47. The standard InChI is InChI=1S/C23H36N4O2/c1-15(2)27(29-10-6-9-26(3)4)23(28)17-11-19-18-7-5-8-20-22(18)16(13-24-20)12-21(19)25-14-17/h5,7,11,15-17,20-21,24-25H,6,8-10,12-14H2,1-4H3/t16?,17-,20?,21-/m1/s1. The number of hydrogen-bond acceptors (Lipinski definition) is 5. The van der Waals surface area contributed by atoms with Gasteiger partial charge in [0, 0.05) is 25.2 Å². The van der Waals surface area contributed by atoms with Gasteiger partial charge in [0.05, 0.1) is 18.6 Å². The lowest BCUT2D eigenvalue weighted by molar-refractivity contribution is -0.200. The zero-order valence-corrected chi connectivity index (χ0v) is 18.3. The van der Waals surface area contributed by atoms with E-state index in [1.165, 1.54) is 11.1 Å². The van der Waals surface area contributed by atoms with Crippen LogP contribution >= 0.6 is 0 Å². The van der Waals surface area contributed by atoms with Crippen LogP contribution in [0.4, 0.5) is 0 Å². The molecule has 2 unspecified atom stereocenters. The quantitative estimate of drug-likeness (QED) is 0.505. The van der Waals surface area contributed by atoms with E-state index in [-0.39, 0.29) is 17.9 Å². The van der Waals surface area contributed by atoms with Crippen molar-refractivity contribution in [3.05, 3.63) is 34.9 Å². The summed E-state index contributed by atoms with van der Waals surface area (Å²) in [7, 11) is 4.10. The summed E-state index contributed by atoms with van der Waals surface area (Å²) in [6.45, 7) is 7.33. The summed E-state index contributed by atoms with van der Waals surface area (Å²) in [5, 5.41) is 8.95. The highest BCUT2D eigenvalue weighted by Crippen LogP contribution is 2.43. The van der Waals surface area contributed by atoms with Crippen molar-refractivity contribution in [2.45, 2.75) is 51.2 Å². The van der Waals surface area contributed by atoms with Gasteiger partial charge in [0.1, 0.15) is 0 Å². The average molecular weight is 401 g/mol. The second-order valence-electron chi connectivity index (χ2n) is 9.34. The lowest BCUT2D eigenvalue weighted by atomic mass is 9.72. The molecule has 0 saturated carbocycles. The Balaban J connectivity index is 1.50. The second-order valence-corrected chi connectivity index (χ2v) is 9.34. The van der Waals surface area contributed by atoms with E-state index in [9.17, 15) is 4.79 Å². The molecule has 6 nitrogen and oxygen atoms in total. The van der Waals surface area contributed by atoms with E-state index in [4.69, 9.17) is 4.84 Å². The predicted molar refractivity (Wildman–Crippen MR) is 115 cm³/mol. The van der Waals surface area contributed by atoms with Gasteiger partial charge >= 0.3 is 0 Å². The maximum atomic E-state index is 13.3. The van der Waals surface area contributed by atoms with Crippen LogP contribution in [0.15, 0.2) is 34.9 Å². The van der Waals surface area contributed by atoms with Gasteiger partial charge in [-0.3, -0.25) is 9.63 Å². The van der Waals surface area contributed by atoms with E-state index in [1.54, 1.807) is 10.6 Å². The fraction of sp³-hybridized carbons (Fsp3) is 0.696. The fourth-order valence-corrected chi connectivity index (χ4v) is 5.17. The van der Waals surface area contributed by atoms with E-state index in [1.807, 2.05) is 13.8 Å². The minimum atomic E-state index is -0.176. The van der Waals surface area contributed by atoms with Gasteiger partial charge < -0.3 is 15.5 Å². The number of nitrogens with zero attached hydrogens (tertiary/aromatic N) is 2. The van der Waals surface area contributed by atoms with Crippen molar-refractivity contribution < 1.29 is 9.63 Å². The summed E-state index contributed by atoms with van der Waals surface area (Å²) < 4.78 is 0. The molecule has 2 N–H and O–H groups in total. The first-order valence-electron chi connectivity index (χ1n) is 11.2. The third-order valence-corrected chi connectivity index (χ3v) is 6.55. The topological polar surface area (TPSA) is 56.8 Å². The van der Waals surface area contributed by atoms with Gasteiger partial charge in [-0.25, -0.2) is 5.06 Å². The predicted octanol–water partition coefficient (Wildman–Crippen LogP) is 1.87. The van der Waals surface area contributed by atoms with E-state index >= 15 is 0 Å². The van der Waals surface area contributed by atoms with Gasteiger partial charge in [-0.2, -0.15) is 0 Å². The molecule has 0 spiro atoms. The first-order chi connectivity index (χ1) is 14.0. The van der Waals surface area contributed by atoms with Crippen molar-refractivity contribution in [3.63, 3.8) is 0 Å². The molecule has 1 amide bonds. The van der Waals surface area contributed by atoms with Gasteiger partial charge in [0.25, 0.3) is 5.91 Å². The van der Waals surface area contributed by atoms with E-state index < -0.39 is 0 Å². The number of rotatable bonds is 7. The number of fused-ring (bicyclic) bond motifs is 2. The van der Waals surface area contributed by atoms with Crippen molar-refractivity contribution in [2.75, 3.05) is 40.3 Å². The number of hydroxylamine groups is 2. The van der Waals surface area contributed by atoms with Crippen LogP contribution in [0.1, 0.15) is 33.1 Å². The molecule has 2 aliphatic carbocycles. The highest BCUT2D eigenvalue weighted by Gasteiger charge is 2.42. The van der Waals surface area contributed by atoms with Gasteiger partial charge in [0.2, 0.25) is 0 Å². The van der Waals surface area contributed by atoms with Crippen LogP contribution in [-0.2, 0) is 9.63 Å². The smallest absolute Gasteiger partial charge is 0.254 e. The Bertz CT molecular complexity index is 724. The summed E-state index contributed by atoms with van der Waals surface area (Å²) in [4.78, 5) is 21.4. The van der Waals surface area contributed by atoms with Crippen molar-refractivity contribution in [1.82, 2.24) is 20.6 Å². The summed E-state index contributed by atoms with van der Waals surface area (Å²) in [6.07, 6.45) is 9.93. The van der Waals surface area contributed by atoms with E-state index in [0.717, 1.165) is 32.4 Å². The fourth-order valence-electron chi connectivity index (χ4n) is 5.17. The summed E-state index contributed by atoms with van der Waals surface area (Å²) in [5.74, 6) is 0.524. The van der Waals surface area contributed by atoms with Crippen LogP contribution in [0, 0.1) is 11.8 Å². The number of hydrogen-bond donors (Lipinski definition) is 2. The molecule has 6 heteroatoms. The molecule has 0 bridgehead atoms. The van der Waals surface area contributed by atoms with Crippen molar-refractivity contribution >= 4 is 5.91 Å². The van der Waals surface area contributed by atoms with Crippen LogP contribution in [0.3, 0.4) is 0 Å². The Kier molecular flexibility index (Phi) is 6.25. The molecule has 0 aromatic heterocycles. The zero-order chi connectivity index (χ0) is 20.5. The Labute approximate surface area is 175 Å². The monoisotopic (exact) mass is 400 g/mol. The third-order valence-electron chi connectivity index (χ3n) is 6.55. The average Bonchev–Trinajstić information content (AvgIpc) is 3.11. The van der Waals surface area contributed by atoms with Crippen LogP contribution in [0.5, 0.6) is 0 Å². The summed E-state index contributed by atoms with van der Waals surface area (Å²) in [6, 6.07) is 0.874. The number of amides is 1. The van der Waals surface area contributed by atoms with Gasteiger partial charge in [-0.1, -0.05) is 18.2 Å². The van der Waals surface area contributed by atoms with Crippen LogP contribution in [0.2, 0.25) is 0 Å². The number of allylic oxidation sites excluding steroid dienone is 1. The Morgan fingerprint density at radius 1 is 1.24 bits per heavy atom. The van der Waals surface area contributed by atoms with Crippen LogP contribution in [0.25, 0.3) is 0 Å². The largest absolute Gasteiger partial charge is 0.309 e. The second kappa shape index (κ2) is 8.72. The van der Waals surface area contributed by atoms with E-state index in [0.29, 0.717) is 31.2 Å². The first-order valence-corrected chi connectivity index (χ1v) is 11.2. The van der Waals surface area contributed by atoms with Crippen molar-refractivity contribution in [3.8, 4) is 0 Å². The lowest BCUT2D eigenvalue weighted by Crippen LogP contribution is -2.49. The number of nitrogens with one attached hydrogen (secondary N) is 2. The van der Waals surface area contributed by atoms with Gasteiger partial charge in [0.15, 0.2) is 0 Å². The molecule has 2 heterocycles. The normalized spacial score (nSPS) is 30.5. The maximum Gasteiger partial charge on any atom is 0.254 e. The Morgan fingerprint density at radius 3 is 2.79 bits per heavy atom. The lowest BCUT2D eigenvalue weighted by Gasteiger charge is -2.39. The number of carbonyl (C=O) groups is 1. The molecule has 0 aromatic rings. The van der Waals surface area contributed by atoms with E-state index in [2.05, 4.69) is 47.9 Å². The molecule has 0 radical (unpaired) electrons. The molecule has 0 aromatic carbocycles. The molecule has 160 valence electrons. The first kappa shape index (κ1) is 20.8. The molecule has 2 aliphatic heterocycles. The summed E-state index contributed by atoms with van der Waals surface area (Å²) in [5.41, 5.74) is 4.27.